The molecular weight excluding hydrogens is 300 g/mol. The van der Waals surface area contributed by atoms with Gasteiger partial charge >= 0.3 is 0 Å². The van der Waals surface area contributed by atoms with Gasteiger partial charge in [-0.15, -0.1) is 0 Å². The van der Waals surface area contributed by atoms with Crippen molar-refractivity contribution in [3.63, 3.8) is 0 Å². The number of hydrogen-bond donors (Lipinski definition) is 2. The second-order valence-electron chi connectivity index (χ2n) is 9.43. The Kier molecular flexibility index (Phi) is 9.79. The summed E-state index contributed by atoms with van der Waals surface area (Å²) in [5.41, 5.74) is -0.295. The van der Waals surface area contributed by atoms with Gasteiger partial charge in [0, 0.05) is 24.4 Å². The van der Waals surface area contributed by atoms with Gasteiger partial charge in [-0.3, -0.25) is 9.59 Å². The molecule has 0 aromatic rings. The lowest BCUT2D eigenvalue weighted by Crippen LogP contribution is -2.42. The van der Waals surface area contributed by atoms with Crippen LogP contribution < -0.4 is 10.6 Å². The third-order valence-corrected chi connectivity index (χ3v) is 3.76. The van der Waals surface area contributed by atoms with E-state index in [-0.39, 0.29) is 22.8 Å². The highest BCUT2D eigenvalue weighted by atomic mass is 16.2. The van der Waals surface area contributed by atoms with Crippen molar-refractivity contribution in [3.05, 3.63) is 0 Å². The van der Waals surface area contributed by atoms with Crippen molar-refractivity contribution < 1.29 is 9.59 Å². The smallest absolute Gasteiger partial charge is 0.225 e. The largest absolute Gasteiger partial charge is 0.356 e. The molecule has 0 aliphatic heterocycles. The molecule has 142 valence electrons. The van der Waals surface area contributed by atoms with E-state index in [1.54, 1.807) is 0 Å². The maximum atomic E-state index is 12.5. The minimum absolute atomic E-state index is 0.0330. The van der Waals surface area contributed by atoms with Gasteiger partial charge in [-0.1, -0.05) is 68.2 Å². The Balaban J connectivity index is 4.16. The molecule has 0 radical (unpaired) electrons. The van der Waals surface area contributed by atoms with Gasteiger partial charge in [-0.25, -0.2) is 0 Å². The Morgan fingerprint density at radius 2 is 1.50 bits per heavy atom. The molecule has 0 spiro atoms. The molecule has 0 aromatic heterocycles. The van der Waals surface area contributed by atoms with Crippen LogP contribution in [-0.4, -0.2) is 30.3 Å². The third kappa shape index (κ3) is 11.6. The summed E-state index contributed by atoms with van der Waals surface area (Å²) in [6.45, 7) is 17.0. The molecule has 0 aliphatic carbocycles. The van der Waals surface area contributed by atoms with E-state index in [2.05, 4.69) is 45.3 Å². The van der Waals surface area contributed by atoms with Gasteiger partial charge in [0.25, 0.3) is 0 Å². The lowest BCUT2D eigenvalue weighted by Gasteiger charge is -2.24. The molecule has 0 saturated carbocycles. The van der Waals surface area contributed by atoms with Crippen molar-refractivity contribution in [1.82, 2.24) is 10.6 Å². The molecule has 1 amide bonds. The fourth-order valence-electron chi connectivity index (χ4n) is 2.50. The quantitative estimate of drug-likeness (QED) is 0.589. The second-order valence-corrected chi connectivity index (χ2v) is 9.43. The van der Waals surface area contributed by atoms with Crippen LogP contribution in [0.2, 0.25) is 0 Å². The Bertz CT molecular complexity index is 389. The lowest BCUT2D eigenvalue weighted by molar-refractivity contribution is -0.128. The standard InChI is InChI=1S/C20H40N2O2/c1-15(2)22-16(17(23)14-19(3,4)5)12-10-9-11-13-21-18(24)20(6,7)8/h15-16,22H,9-14H2,1-8H3,(H,21,24). The highest BCUT2D eigenvalue weighted by Gasteiger charge is 2.24. The number of carbonyl (C=O) groups excluding carboxylic acids is 2. The molecule has 24 heavy (non-hydrogen) atoms. The van der Waals surface area contributed by atoms with Gasteiger partial charge in [-0.05, 0) is 18.3 Å². The summed E-state index contributed by atoms with van der Waals surface area (Å²) < 4.78 is 0. The van der Waals surface area contributed by atoms with E-state index in [0.29, 0.717) is 24.8 Å². The first-order chi connectivity index (χ1) is 10.8. The molecule has 1 unspecified atom stereocenters. The molecule has 4 heteroatoms. The van der Waals surface area contributed by atoms with Crippen LogP contribution in [0.3, 0.4) is 0 Å². The van der Waals surface area contributed by atoms with Crippen molar-refractivity contribution in [3.8, 4) is 0 Å². The topological polar surface area (TPSA) is 58.2 Å². The van der Waals surface area contributed by atoms with E-state index in [4.69, 9.17) is 0 Å². The number of Topliss-reactive ketones (excluding diaryl/α,β-unsaturated/α-hetero) is 1. The Morgan fingerprint density at radius 3 is 1.96 bits per heavy atom. The highest BCUT2D eigenvalue weighted by molar-refractivity contribution is 5.84. The van der Waals surface area contributed by atoms with Gasteiger partial charge in [0.15, 0.2) is 0 Å². The molecule has 0 saturated heterocycles. The Hall–Kier alpha value is -0.900. The molecule has 0 bridgehead atoms. The monoisotopic (exact) mass is 340 g/mol. The lowest BCUT2D eigenvalue weighted by atomic mass is 9.86. The summed E-state index contributed by atoms with van der Waals surface area (Å²) in [4.78, 5) is 24.3. The van der Waals surface area contributed by atoms with Crippen LogP contribution in [0.25, 0.3) is 0 Å². The minimum atomic E-state index is -0.328. The molecule has 1 atom stereocenters. The van der Waals surface area contributed by atoms with Gasteiger partial charge in [0.1, 0.15) is 5.78 Å². The maximum Gasteiger partial charge on any atom is 0.225 e. The van der Waals surface area contributed by atoms with E-state index < -0.39 is 0 Å². The summed E-state index contributed by atoms with van der Waals surface area (Å²) in [6.07, 6.45) is 4.48. The number of nitrogens with one attached hydrogen (secondary N) is 2. The summed E-state index contributed by atoms with van der Waals surface area (Å²) in [6, 6.07) is 0.262. The first-order valence-corrected chi connectivity index (χ1v) is 9.40. The molecular formula is C20H40N2O2. The third-order valence-electron chi connectivity index (χ3n) is 3.76. The zero-order valence-electron chi connectivity index (χ0n) is 17.2. The fraction of sp³-hybridized carbons (Fsp3) is 0.900. The molecule has 0 heterocycles. The Labute approximate surface area is 149 Å². The van der Waals surface area contributed by atoms with Gasteiger partial charge in [-0.2, -0.15) is 0 Å². The predicted octanol–water partition coefficient (Wildman–Crippen LogP) is 4.08. The van der Waals surface area contributed by atoms with Crippen LogP contribution in [0.1, 0.15) is 87.5 Å². The summed E-state index contributed by atoms with van der Waals surface area (Å²) in [5, 5.41) is 6.39. The maximum absolute atomic E-state index is 12.5. The Morgan fingerprint density at radius 1 is 0.917 bits per heavy atom. The van der Waals surface area contributed by atoms with Gasteiger partial charge < -0.3 is 10.6 Å². The van der Waals surface area contributed by atoms with E-state index >= 15 is 0 Å². The van der Waals surface area contributed by atoms with Crippen LogP contribution in [0.4, 0.5) is 0 Å². The average Bonchev–Trinajstić information content (AvgIpc) is 2.37. The number of amides is 1. The van der Waals surface area contributed by atoms with Crippen molar-refractivity contribution in [2.24, 2.45) is 10.8 Å². The zero-order valence-corrected chi connectivity index (χ0v) is 17.2. The minimum Gasteiger partial charge on any atom is -0.356 e. The highest BCUT2D eigenvalue weighted by Crippen LogP contribution is 2.21. The van der Waals surface area contributed by atoms with E-state index in [1.165, 1.54) is 0 Å². The van der Waals surface area contributed by atoms with E-state index in [9.17, 15) is 9.59 Å². The zero-order chi connectivity index (χ0) is 19.0. The van der Waals surface area contributed by atoms with Gasteiger partial charge in [0.2, 0.25) is 5.91 Å². The average molecular weight is 341 g/mol. The molecule has 4 nitrogen and oxygen atoms in total. The number of hydrogen-bond acceptors (Lipinski definition) is 3. The molecule has 0 aliphatic rings. The van der Waals surface area contributed by atoms with Crippen molar-refractivity contribution in [2.45, 2.75) is 99.6 Å². The SMILES string of the molecule is CC(C)NC(CCCCCNC(=O)C(C)(C)C)C(=O)CC(C)(C)C. The van der Waals surface area contributed by atoms with Crippen LogP contribution in [0, 0.1) is 10.8 Å². The van der Waals surface area contributed by atoms with E-state index in [0.717, 1.165) is 25.7 Å². The number of unbranched alkanes of at least 4 members (excludes halogenated alkanes) is 2. The van der Waals surface area contributed by atoms with Crippen molar-refractivity contribution in [1.29, 1.82) is 0 Å². The second kappa shape index (κ2) is 10.2. The van der Waals surface area contributed by atoms with Crippen molar-refractivity contribution in [2.75, 3.05) is 6.54 Å². The normalized spacial score (nSPS) is 13.9. The summed E-state index contributed by atoms with van der Waals surface area (Å²) >= 11 is 0. The van der Waals surface area contributed by atoms with Gasteiger partial charge in [0.05, 0.1) is 6.04 Å². The van der Waals surface area contributed by atoms with Crippen LogP contribution in [-0.2, 0) is 9.59 Å². The van der Waals surface area contributed by atoms with Crippen molar-refractivity contribution >= 4 is 11.7 Å². The summed E-state index contributed by atoms with van der Waals surface area (Å²) in [5.74, 6) is 0.416. The van der Waals surface area contributed by atoms with Crippen LogP contribution in [0.15, 0.2) is 0 Å². The number of rotatable bonds is 10. The molecule has 0 aromatic carbocycles. The fourth-order valence-corrected chi connectivity index (χ4v) is 2.50. The molecule has 0 rings (SSSR count). The molecule has 2 N–H and O–H groups in total. The predicted molar refractivity (Wildman–Crippen MR) is 102 cm³/mol. The molecule has 0 fully saturated rings. The van der Waals surface area contributed by atoms with Crippen LogP contribution >= 0.6 is 0 Å². The summed E-state index contributed by atoms with van der Waals surface area (Å²) in [7, 11) is 0. The number of carbonyl (C=O) groups is 2. The first-order valence-electron chi connectivity index (χ1n) is 9.40. The van der Waals surface area contributed by atoms with E-state index in [1.807, 2.05) is 20.8 Å². The number of ketones is 1. The first kappa shape index (κ1) is 23.1. The van der Waals surface area contributed by atoms with Crippen LogP contribution in [0.5, 0.6) is 0 Å².